The number of hydrogen-bond donors (Lipinski definition) is 2. The quantitative estimate of drug-likeness (QED) is 0.327. The minimum Gasteiger partial charge on any atom is -0.431 e. The van der Waals surface area contributed by atoms with E-state index in [9.17, 15) is 22.8 Å². The average molecular weight is 595 g/mol. The summed E-state index contributed by atoms with van der Waals surface area (Å²) in [4.78, 5) is 33.9. The molecule has 0 spiro atoms. The van der Waals surface area contributed by atoms with Crippen molar-refractivity contribution in [3.05, 3.63) is 71.9 Å². The molecule has 0 unspecified atom stereocenters. The predicted molar refractivity (Wildman–Crippen MR) is 149 cm³/mol. The Kier molecular flexibility index (Phi) is 7.82. The fourth-order valence-electron chi connectivity index (χ4n) is 5.70. The zero-order chi connectivity index (χ0) is 30.0. The molecule has 2 aliphatic rings. The predicted octanol–water partition coefficient (Wildman–Crippen LogP) is 4.75. The van der Waals surface area contributed by atoms with Crippen molar-refractivity contribution in [2.75, 3.05) is 36.4 Å². The van der Waals surface area contributed by atoms with Gasteiger partial charge in [-0.25, -0.2) is 4.98 Å². The third-order valence-corrected chi connectivity index (χ3v) is 8.01. The lowest BCUT2D eigenvalue weighted by molar-refractivity contribution is -0.153. The van der Waals surface area contributed by atoms with Gasteiger partial charge in [-0.2, -0.15) is 18.4 Å². The highest BCUT2D eigenvalue weighted by molar-refractivity contribution is 6.04. The van der Waals surface area contributed by atoms with Crippen LogP contribution in [0.3, 0.4) is 0 Å². The molecule has 2 N–H and O–H groups in total. The summed E-state index contributed by atoms with van der Waals surface area (Å²) in [7, 11) is 0. The Hall–Kier alpha value is -4.75. The van der Waals surface area contributed by atoms with Crippen LogP contribution in [0.15, 0.2) is 59.0 Å². The van der Waals surface area contributed by atoms with Crippen molar-refractivity contribution in [3.8, 4) is 11.5 Å². The van der Waals surface area contributed by atoms with Gasteiger partial charge in [-0.15, -0.1) is 10.2 Å². The molecule has 2 aromatic carbocycles. The first-order valence-electron chi connectivity index (χ1n) is 14.1. The van der Waals surface area contributed by atoms with Gasteiger partial charge in [0.15, 0.2) is 11.5 Å². The molecule has 43 heavy (non-hydrogen) atoms. The number of nitrogens with one attached hydrogen (secondary N) is 2. The smallest absolute Gasteiger partial charge is 0.431 e. The number of carbonyl (C=O) groups excluding carboxylic acids is 2. The number of nitrogens with zero attached hydrogens (tertiary/aromatic N) is 6. The maximum Gasteiger partial charge on any atom is 0.452 e. The lowest BCUT2D eigenvalue weighted by Crippen LogP contribution is -2.50. The summed E-state index contributed by atoms with van der Waals surface area (Å²) in [6.07, 6.45) is -1.56. The molecule has 0 radical (unpaired) electrons. The highest BCUT2D eigenvalue weighted by Gasteiger charge is 2.42. The van der Waals surface area contributed by atoms with Crippen molar-refractivity contribution in [1.29, 1.82) is 0 Å². The number of rotatable bonds is 6. The molecule has 14 heteroatoms. The van der Waals surface area contributed by atoms with Crippen molar-refractivity contribution in [1.82, 2.24) is 30.5 Å². The lowest BCUT2D eigenvalue weighted by Gasteiger charge is -2.38. The van der Waals surface area contributed by atoms with Crippen LogP contribution in [0, 0.1) is 5.92 Å². The molecule has 3 heterocycles. The van der Waals surface area contributed by atoms with E-state index in [0.29, 0.717) is 43.3 Å². The number of tetrazole rings is 1. The van der Waals surface area contributed by atoms with Crippen LogP contribution >= 0.6 is 0 Å². The number of aromatic nitrogens is 5. The molecule has 6 rings (SSSR count). The third kappa shape index (κ3) is 6.22. The van der Waals surface area contributed by atoms with Gasteiger partial charge in [-0.3, -0.25) is 9.59 Å². The Morgan fingerprint density at radius 1 is 0.930 bits per heavy atom. The minimum atomic E-state index is -4.89. The second-order valence-corrected chi connectivity index (χ2v) is 10.7. The van der Waals surface area contributed by atoms with E-state index in [1.54, 1.807) is 54.6 Å². The second-order valence-electron chi connectivity index (χ2n) is 10.7. The van der Waals surface area contributed by atoms with Gasteiger partial charge >= 0.3 is 6.18 Å². The van der Waals surface area contributed by atoms with Crippen molar-refractivity contribution >= 4 is 23.2 Å². The van der Waals surface area contributed by atoms with Gasteiger partial charge in [0.05, 0.1) is 0 Å². The Balaban J connectivity index is 1.04. The normalized spacial score (nSPS) is 19.3. The number of halogens is 3. The average Bonchev–Trinajstić information content (AvgIpc) is 3.73. The molecule has 224 valence electrons. The molecule has 4 aromatic rings. The van der Waals surface area contributed by atoms with Crippen LogP contribution < -0.4 is 10.2 Å². The van der Waals surface area contributed by atoms with Gasteiger partial charge in [0.25, 0.3) is 5.91 Å². The van der Waals surface area contributed by atoms with E-state index < -0.39 is 23.5 Å². The standard InChI is InChI=1S/C29H29F3N8O3/c30-29(31,32)24-23(34-27(43-24)19-4-2-1-3-5-19)26(41)33-21-10-12-22(13-11-21)39-14-16-40(17-15-39)28(42)20-8-6-18(7-9-20)25-35-37-38-36-25/h1-5,10-13,18,20H,6-9,14-17H2,(H,33,41)(H,35,36,37,38). The number of benzene rings is 2. The molecular weight excluding hydrogens is 565 g/mol. The molecule has 2 aromatic heterocycles. The maximum atomic E-state index is 13.6. The highest BCUT2D eigenvalue weighted by Crippen LogP contribution is 2.36. The van der Waals surface area contributed by atoms with Crippen LogP contribution in [0.2, 0.25) is 0 Å². The number of aromatic amines is 1. The number of alkyl halides is 3. The van der Waals surface area contributed by atoms with Crippen molar-refractivity contribution in [2.45, 2.75) is 37.8 Å². The van der Waals surface area contributed by atoms with E-state index in [1.807, 2.05) is 4.90 Å². The Morgan fingerprint density at radius 2 is 1.63 bits per heavy atom. The fraction of sp³-hybridized carbons (Fsp3) is 0.379. The third-order valence-electron chi connectivity index (χ3n) is 8.01. The van der Waals surface area contributed by atoms with E-state index >= 15 is 0 Å². The Bertz CT molecular complexity index is 1540. The molecule has 2 amide bonds. The number of anilines is 2. The van der Waals surface area contributed by atoms with Crippen LogP contribution in [0.5, 0.6) is 0 Å². The Labute approximate surface area is 244 Å². The summed E-state index contributed by atoms with van der Waals surface area (Å²) in [6.45, 7) is 2.48. The van der Waals surface area contributed by atoms with Gasteiger partial charge in [-0.1, -0.05) is 23.4 Å². The van der Waals surface area contributed by atoms with Gasteiger partial charge < -0.3 is 19.5 Å². The summed E-state index contributed by atoms with van der Waals surface area (Å²) in [5, 5.41) is 16.8. The van der Waals surface area contributed by atoms with Gasteiger partial charge in [-0.05, 0) is 62.1 Å². The van der Waals surface area contributed by atoms with Gasteiger partial charge in [0, 0.05) is 55.0 Å². The van der Waals surface area contributed by atoms with E-state index in [2.05, 4.69) is 35.8 Å². The Morgan fingerprint density at radius 3 is 2.26 bits per heavy atom. The van der Waals surface area contributed by atoms with E-state index in [1.165, 1.54) is 0 Å². The maximum absolute atomic E-state index is 13.6. The van der Waals surface area contributed by atoms with E-state index in [4.69, 9.17) is 4.42 Å². The van der Waals surface area contributed by atoms with Gasteiger partial charge in [0.2, 0.25) is 17.6 Å². The molecule has 0 atom stereocenters. The van der Waals surface area contributed by atoms with E-state index in [0.717, 1.165) is 31.4 Å². The summed E-state index contributed by atoms with van der Waals surface area (Å²) in [6, 6.07) is 14.9. The number of hydrogen-bond acceptors (Lipinski definition) is 8. The summed E-state index contributed by atoms with van der Waals surface area (Å²) in [5.41, 5.74) is 0.691. The first kappa shape index (κ1) is 28.4. The van der Waals surface area contributed by atoms with Crippen molar-refractivity contribution in [3.63, 3.8) is 0 Å². The number of carbonyl (C=O) groups is 2. The molecular formula is C29H29F3N8O3. The van der Waals surface area contributed by atoms with Crippen molar-refractivity contribution < 1.29 is 27.2 Å². The van der Waals surface area contributed by atoms with E-state index in [-0.39, 0.29) is 23.6 Å². The SMILES string of the molecule is O=C(Nc1ccc(N2CCN(C(=O)C3CCC(c4nn[nH]n4)CC3)CC2)cc1)c1nc(-c2ccccc2)oc1C(F)(F)F. The van der Waals surface area contributed by atoms with Crippen LogP contribution in [0.1, 0.15) is 53.7 Å². The molecule has 1 aliphatic heterocycles. The monoisotopic (exact) mass is 594 g/mol. The summed E-state index contributed by atoms with van der Waals surface area (Å²) in [5.74, 6) is -1.62. The number of piperazine rings is 1. The van der Waals surface area contributed by atoms with Crippen LogP contribution in [-0.2, 0) is 11.0 Å². The molecule has 1 saturated carbocycles. The number of oxazole rings is 1. The molecule has 1 saturated heterocycles. The van der Waals surface area contributed by atoms with Crippen molar-refractivity contribution in [2.24, 2.45) is 5.92 Å². The van der Waals surface area contributed by atoms with Crippen LogP contribution in [0.25, 0.3) is 11.5 Å². The lowest BCUT2D eigenvalue weighted by atomic mass is 9.81. The molecule has 11 nitrogen and oxygen atoms in total. The summed E-state index contributed by atoms with van der Waals surface area (Å²) < 4.78 is 45.9. The molecule has 0 bridgehead atoms. The number of amides is 2. The zero-order valence-corrected chi connectivity index (χ0v) is 23.0. The first-order valence-corrected chi connectivity index (χ1v) is 14.1. The zero-order valence-electron chi connectivity index (χ0n) is 23.0. The fourth-order valence-corrected chi connectivity index (χ4v) is 5.70. The van der Waals surface area contributed by atoms with Crippen LogP contribution in [-0.4, -0.2) is 68.5 Å². The summed E-state index contributed by atoms with van der Waals surface area (Å²) >= 11 is 0. The molecule has 2 fully saturated rings. The van der Waals surface area contributed by atoms with Crippen LogP contribution in [0.4, 0.5) is 24.5 Å². The topological polar surface area (TPSA) is 133 Å². The molecule has 1 aliphatic carbocycles. The van der Waals surface area contributed by atoms with Gasteiger partial charge in [0.1, 0.15) is 0 Å². The second kappa shape index (κ2) is 11.9. The highest BCUT2D eigenvalue weighted by atomic mass is 19.4. The minimum absolute atomic E-state index is 0.00365. The largest absolute Gasteiger partial charge is 0.452 e. The first-order chi connectivity index (χ1) is 20.8. The number of H-pyrrole nitrogens is 1.